The summed E-state index contributed by atoms with van der Waals surface area (Å²) in [6, 6.07) is 14.7. The number of hydrogen-bond acceptors (Lipinski definition) is 10. The molecule has 2 heterocycles. The summed E-state index contributed by atoms with van der Waals surface area (Å²) in [5.74, 6) is 0.605. The van der Waals surface area contributed by atoms with Gasteiger partial charge in [0.2, 0.25) is 11.9 Å². The summed E-state index contributed by atoms with van der Waals surface area (Å²) in [5, 5.41) is 6.80. The molecule has 4 rings (SSSR count). The Morgan fingerprint density at radius 3 is 2.44 bits per heavy atom. The van der Waals surface area contributed by atoms with Gasteiger partial charge in [0, 0.05) is 24.6 Å². The van der Waals surface area contributed by atoms with Gasteiger partial charge in [0.05, 0.1) is 10.6 Å². The van der Waals surface area contributed by atoms with Crippen molar-refractivity contribution in [3.8, 4) is 22.0 Å². The van der Waals surface area contributed by atoms with Gasteiger partial charge in [0.15, 0.2) is 20.8 Å². The Bertz CT molecular complexity index is 1390. The molecule has 9 nitrogen and oxygen atoms in total. The number of nitrogen functional groups attached to an aromatic ring is 1. The fourth-order valence-corrected chi connectivity index (χ4v) is 5.00. The van der Waals surface area contributed by atoms with Crippen molar-refractivity contribution in [2.75, 3.05) is 29.7 Å². The summed E-state index contributed by atoms with van der Waals surface area (Å²) >= 11 is 1.40. The molecule has 11 heteroatoms. The van der Waals surface area contributed by atoms with E-state index >= 15 is 0 Å². The molecule has 0 bridgehead atoms. The minimum Gasteiger partial charge on any atom is -0.368 e. The van der Waals surface area contributed by atoms with E-state index in [2.05, 4.69) is 30.6 Å². The molecule has 4 N–H and O–H groups in total. The number of thiazole rings is 1. The average molecular weight is 468 g/mol. The second-order valence-electron chi connectivity index (χ2n) is 7.03. The lowest BCUT2D eigenvalue weighted by atomic mass is 10.1. The molecular weight excluding hydrogens is 446 g/mol. The molecule has 0 fully saturated rings. The molecule has 0 spiro atoms. The summed E-state index contributed by atoms with van der Waals surface area (Å²) in [6.07, 6.45) is 1.17. The lowest BCUT2D eigenvalue weighted by Crippen LogP contribution is -2.06. The first-order chi connectivity index (χ1) is 15.2. The van der Waals surface area contributed by atoms with E-state index < -0.39 is 9.84 Å². The maximum absolute atomic E-state index is 12.1. The number of hydrogen-bond donors (Lipinski definition) is 3. The minimum absolute atomic E-state index is 0.0337. The van der Waals surface area contributed by atoms with Gasteiger partial charge in [-0.2, -0.15) is 15.0 Å². The summed E-state index contributed by atoms with van der Waals surface area (Å²) in [4.78, 5) is 18.6. The second-order valence-corrected chi connectivity index (χ2v) is 10.0. The number of nitrogens with two attached hydrogens (primary N) is 1. The Hall–Kier alpha value is -3.57. The third kappa shape index (κ3) is 4.53. The molecule has 32 heavy (non-hydrogen) atoms. The van der Waals surface area contributed by atoms with Crippen molar-refractivity contribution in [2.24, 2.45) is 0 Å². The highest BCUT2D eigenvalue weighted by Crippen LogP contribution is 2.37. The van der Waals surface area contributed by atoms with E-state index in [9.17, 15) is 8.42 Å². The Balaban J connectivity index is 1.76. The Morgan fingerprint density at radius 1 is 1.00 bits per heavy atom. The van der Waals surface area contributed by atoms with Gasteiger partial charge in [-0.25, -0.2) is 13.4 Å². The van der Waals surface area contributed by atoms with Crippen molar-refractivity contribution < 1.29 is 8.42 Å². The smallest absolute Gasteiger partial charge is 0.232 e. The SMILES string of the molecule is CNc1nc(-c2ccccc2)c(-c2nc(N)nc(Nc3ccc(C)c(S(C)(=O)=O)c3)n2)s1. The number of anilines is 4. The van der Waals surface area contributed by atoms with E-state index in [4.69, 9.17) is 5.73 Å². The fraction of sp³-hybridized carbons (Fsp3) is 0.143. The van der Waals surface area contributed by atoms with Crippen LogP contribution in [0.2, 0.25) is 0 Å². The third-order valence-electron chi connectivity index (χ3n) is 4.59. The van der Waals surface area contributed by atoms with E-state index in [1.807, 2.05) is 30.3 Å². The van der Waals surface area contributed by atoms with Gasteiger partial charge in [0.25, 0.3) is 0 Å². The van der Waals surface area contributed by atoms with E-state index in [-0.39, 0.29) is 16.8 Å². The molecule has 0 aliphatic rings. The number of benzene rings is 2. The number of nitrogens with zero attached hydrogens (tertiary/aromatic N) is 4. The molecular formula is C21H21N7O2S2. The van der Waals surface area contributed by atoms with Crippen molar-refractivity contribution >= 4 is 43.9 Å². The molecule has 2 aromatic carbocycles. The third-order valence-corrected chi connectivity index (χ3v) is 6.90. The van der Waals surface area contributed by atoms with Crippen molar-refractivity contribution in [1.29, 1.82) is 0 Å². The lowest BCUT2D eigenvalue weighted by molar-refractivity contribution is 0.601. The van der Waals surface area contributed by atoms with Crippen molar-refractivity contribution in [3.63, 3.8) is 0 Å². The first-order valence-corrected chi connectivity index (χ1v) is 12.3. The topological polar surface area (TPSA) is 136 Å². The van der Waals surface area contributed by atoms with E-state index in [1.54, 1.807) is 32.2 Å². The zero-order valence-corrected chi connectivity index (χ0v) is 19.3. The number of sulfone groups is 1. The van der Waals surface area contributed by atoms with Crippen LogP contribution in [-0.2, 0) is 9.84 Å². The molecule has 164 valence electrons. The average Bonchev–Trinajstić information content (AvgIpc) is 3.19. The monoisotopic (exact) mass is 467 g/mol. The van der Waals surface area contributed by atoms with Crippen LogP contribution in [0.1, 0.15) is 5.56 Å². The summed E-state index contributed by atoms with van der Waals surface area (Å²) in [5.41, 5.74) is 8.80. The number of rotatable bonds is 6. The number of aromatic nitrogens is 4. The highest BCUT2D eigenvalue weighted by atomic mass is 32.2. The standard InChI is InChI=1S/C21H21N7O2S2/c1-12-9-10-14(11-15(12)32(3,29)30)24-20-27-18(26-19(22)28-20)17-16(25-21(23-2)31-17)13-7-5-4-6-8-13/h4-11H,1-3H3,(H,23,25)(H3,22,24,26,27,28). The molecule has 0 saturated carbocycles. The van der Waals surface area contributed by atoms with Crippen LogP contribution in [0, 0.1) is 6.92 Å². The fourth-order valence-electron chi connectivity index (χ4n) is 3.13. The number of nitrogens with one attached hydrogen (secondary N) is 2. The van der Waals surface area contributed by atoms with Gasteiger partial charge in [-0.1, -0.05) is 47.7 Å². The minimum atomic E-state index is -3.38. The van der Waals surface area contributed by atoms with Gasteiger partial charge in [-0.15, -0.1) is 0 Å². The molecule has 0 unspecified atom stereocenters. The zero-order valence-electron chi connectivity index (χ0n) is 17.6. The molecule has 0 amide bonds. The summed E-state index contributed by atoms with van der Waals surface area (Å²) in [7, 11) is -1.58. The highest BCUT2D eigenvalue weighted by molar-refractivity contribution is 7.90. The van der Waals surface area contributed by atoms with Crippen molar-refractivity contribution in [2.45, 2.75) is 11.8 Å². The zero-order chi connectivity index (χ0) is 22.9. The van der Waals surface area contributed by atoms with E-state index in [0.717, 1.165) is 16.1 Å². The van der Waals surface area contributed by atoms with E-state index in [1.165, 1.54) is 17.6 Å². The van der Waals surface area contributed by atoms with Gasteiger partial charge < -0.3 is 16.4 Å². The predicted molar refractivity (Wildman–Crippen MR) is 128 cm³/mol. The van der Waals surface area contributed by atoms with Crippen LogP contribution < -0.4 is 16.4 Å². The maximum Gasteiger partial charge on any atom is 0.232 e. The number of aryl methyl sites for hydroxylation is 1. The largest absolute Gasteiger partial charge is 0.368 e. The van der Waals surface area contributed by atoms with Gasteiger partial charge in [-0.3, -0.25) is 0 Å². The molecule has 0 aliphatic carbocycles. The van der Waals surface area contributed by atoms with Crippen LogP contribution in [0.5, 0.6) is 0 Å². The second kappa shape index (κ2) is 8.52. The molecule has 4 aromatic rings. The normalized spacial score (nSPS) is 11.3. The van der Waals surface area contributed by atoms with Crippen molar-refractivity contribution in [1.82, 2.24) is 19.9 Å². The molecule has 0 radical (unpaired) electrons. The van der Waals surface area contributed by atoms with Crippen LogP contribution in [-0.4, -0.2) is 41.7 Å². The molecule has 0 aliphatic heterocycles. The first kappa shape index (κ1) is 21.7. The van der Waals surface area contributed by atoms with Crippen LogP contribution in [0.4, 0.5) is 22.7 Å². The van der Waals surface area contributed by atoms with Gasteiger partial charge in [-0.05, 0) is 24.6 Å². The Kier molecular flexibility index (Phi) is 5.76. The predicted octanol–water partition coefficient (Wildman–Crippen LogP) is 3.74. The lowest BCUT2D eigenvalue weighted by Gasteiger charge is -2.10. The molecule has 0 saturated heterocycles. The van der Waals surface area contributed by atoms with Gasteiger partial charge in [0.1, 0.15) is 4.88 Å². The van der Waals surface area contributed by atoms with Gasteiger partial charge >= 0.3 is 0 Å². The summed E-state index contributed by atoms with van der Waals surface area (Å²) < 4.78 is 24.1. The van der Waals surface area contributed by atoms with Crippen molar-refractivity contribution in [3.05, 3.63) is 54.1 Å². The van der Waals surface area contributed by atoms with Crippen LogP contribution in [0.25, 0.3) is 22.0 Å². The Labute approximate surface area is 189 Å². The highest BCUT2D eigenvalue weighted by Gasteiger charge is 2.19. The Morgan fingerprint density at radius 2 is 1.75 bits per heavy atom. The van der Waals surface area contributed by atoms with Crippen LogP contribution in [0.15, 0.2) is 53.4 Å². The summed E-state index contributed by atoms with van der Waals surface area (Å²) in [6.45, 7) is 1.74. The molecule has 0 atom stereocenters. The molecule has 2 aromatic heterocycles. The quantitative estimate of drug-likeness (QED) is 0.387. The first-order valence-electron chi connectivity index (χ1n) is 9.58. The van der Waals surface area contributed by atoms with Crippen LogP contribution >= 0.6 is 11.3 Å². The maximum atomic E-state index is 12.1. The van der Waals surface area contributed by atoms with Crippen LogP contribution in [0.3, 0.4) is 0 Å². The van der Waals surface area contributed by atoms with E-state index in [0.29, 0.717) is 22.2 Å².